The van der Waals surface area contributed by atoms with E-state index < -0.39 is 41.1 Å². The number of hydrogen-bond acceptors (Lipinski definition) is 6. The highest BCUT2D eigenvalue weighted by molar-refractivity contribution is 9.10. The van der Waals surface area contributed by atoms with Gasteiger partial charge in [-0.3, -0.25) is 24.1 Å². The van der Waals surface area contributed by atoms with Gasteiger partial charge in [-0.1, -0.05) is 46.3 Å². The van der Waals surface area contributed by atoms with Gasteiger partial charge in [0.2, 0.25) is 0 Å². The molecular weight excluding hydrogens is 454 g/mol. The van der Waals surface area contributed by atoms with Crippen molar-refractivity contribution in [3.8, 4) is 0 Å². The maximum atomic E-state index is 13.2. The second kappa shape index (κ2) is 7.36. The van der Waals surface area contributed by atoms with Gasteiger partial charge in [0.1, 0.15) is 0 Å². The van der Waals surface area contributed by atoms with Crippen molar-refractivity contribution in [3.05, 3.63) is 69.7 Å². The highest BCUT2D eigenvalue weighted by atomic mass is 79.9. The molecule has 2 atom stereocenters. The molecule has 1 saturated carbocycles. The molecule has 1 fully saturated rings. The fraction of sp³-hybridized carbons (Fsp3) is 0.273. The molecule has 1 heterocycles. The molecule has 4 rings (SSSR count). The van der Waals surface area contributed by atoms with Crippen molar-refractivity contribution in [2.45, 2.75) is 18.4 Å². The Morgan fingerprint density at radius 3 is 1.93 bits per heavy atom. The SMILES string of the molecule is COC(=O)C1(C(=O)OC)C[C@H](c2ccccc2Br)[C@H]1N1C(=O)c2ccccc2C1=O. The number of imide groups is 1. The highest BCUT2D eigenvalue weighted by Crippen LogP contribution is 2.57. The van der Waals surface area contributed by atoms with Crippen molar-refractivity contribution in [1.82, 2.24) is 4.90 Å². The third-order valence-electron chi connectivity index (χ3n) is 5.94. The van der Waals surface area contributed by atoms with Crippen LogP contribution in [0.3, 0.4) is 0 Å². The number of carbonyl (C=O) groups excluding carboxylic acids is 4. The lowest BCUT2D eigenvalue weighted by molar-refractivity contribution is -0.184. The van der Waals surface area contributed by atoms with Gasteiger partial charge in [-0.15, -0.1) is 0 Å². The zero-order valence-corrected chi connectivity index (χ0v) is 17.8. The van der Waals surface area contributed by atoms with Crippen LogP contribution in [-0.2, 0) is 19.1 Å². The molecule has 2 aromatic carbocycles. The Morgan fingerprint density at radius 1 is 0.933 bits per heavy atom. The van der Waals surface area contributed by atoms with Crippen LogP contribution in [0.15, 0.2) is 53.0 Å². The zero-order chi connectivity index (χ0) is 21.6. The monoisotopic (exact) mass is 471 g/mol. The fourth-order valence-electron chi connectivity index (χ4n) is 4.53. The van der Waals surface area contributed by atoms with E-state index in [2.05, 4.69) is 15.9 Å². The summed E-state index contributed by atoms with van der Waals surface area (Å²) in [6.45, 7) is 0. The molecule has 154 valence electrons. The largest absolute Gasteiger partial charge is 0.468 e. The van der Waals surface area contributed by atoms with Crippen LogP contribution in [0.4, 0.5) is 0 Å². The van der Waals surface area contributed by atoms with E-state index >= 15 is 0 Å². The van der Waals surface area contributed by atoms with E-state index in [0.717, 1.165) is 29.2 Å². The normalized spacial score (nSPS) is 21.6. The Morgan fingerprint density at radius 2 is 1.43 bits per heavy atom. The number of benzene rings is 2. The first-order valence-corrected chi connectivity index (χ1v) is 10.1. The average Bonchev–Trinajstić information content (AvgIpc) is 2.99. The van der Waals surface area contributed by atoms with E-state index in [1.54, 1.807) is 24.3 Å². The van der Waals surface area contributed by atoms with Gasteiger partial charge in [0.15, 0.2) is 5.41 Å². The molecule has 0 bridgehead atoms. The molecule has 0 N–H and O–H groups in total. The summed E-state index contributed by atoms with van der Waals surface area (Å²) in [4.78, 5) is 53.1. The number of hydrogen-bond donors (Lipinski definition) is 0. The number of halogens is 1. The van der Waals surface area contributed by atoms with Gasteiger partial charge in [-0.25, -0.2) is 0 Å². The molecule has 2 aromatic rings. The van der Waals surface area contributed by atoms with Gasteiger partial charge in [-0.2, -0.15) is 0 Å². The molecule has 7 nitrogen and oxygen atoms in total. The summed E-state index contributed by atoms with van der Waals surface area (Å²) in [5.41, 5.74) is -0.535. The predicted octanol–water partition coefficient (Wildman–Crippen LogP) is 2.93. The molecule has 2 amide bonds. The summed E-state index contributed by atoms with van der Waals surface area (Å²) in [6.07, 6.45) is 0.0486. The summed E-state index contributed by atoms with van der Waals surface area (Å²) >= 11 is 3.49. The van der Waals surface area contributed by atoms with Crippen LogP contribution in [0.5, 0.6) is 0 Å². The molecule has 2 aliphatic rings. The molecule has 1 aliphatic carbocycles. The molecule has 0 radical (unpaired) electrons. The fourth-order valence-corrected chi connectivity index (χ4v) is 5.11. The second-order valence-electron chi connectivity index (χ2n) is 7.26. The number of methoxy groups -OCH3 is 2. The number of ether oxygens (including phenoxy) is 2. The van der Waals surface area contributed by atoms with Gasteiger partial charge in [0.25, 0.3) is 11.8 Å². The third-order valence-corrected chi connectivity index (χ3v) is 6.66. The van der Waals surface area contributed by atoms with E-state index in [4.69, 9.17) is 9.47 Å². The van der Waals surface area contributed by atoms with Crippen LogP contribution in [0.1, 0.15) is 38.6 Å². The molecule has 30 heavy (non-hydrogen) atoms. The first kappa shape index (κ1) is 20.3. The van der Waals surface area contributed by atoms with E-state index in [1.165, 1.54) is 0 Å². The third kappa shape index (κ3) is 2.63. The Kier molecular flexibility index (Phi) is 4.97. The minimum absolute atomic E-state index is 0.0486. The summed E-state index contributed by atoms with van der Waals surface area (Å²) in [5, 5.41) is 0. The number of esters is 2. The molecule has 0 unspecified atom stereocenters. The number of fused-ring (bicyclic) bond motifs is 1. The topological polar surface area (TPSA) is 90.0 Å². The molecule has 0 aromatic heterocycles. The van der Waals surface area contributed by atoms with Gasteiger partial charge in [-0.05, 0) is 30.2 Å². The van der Waals surface area contributed by atoms with Gasteiger partial charge in [0, 0.05) is 10.4 Å². The predicted molar refractivity (Wildman–Crippen MR) is 109 cm³/mol. The highest BCUT2D eigenvalue weighted by Gasteiger charge is 2.70. The summed E-state index contributed by atoms with van der Waals surface area (Å²) in [7, 11) is 2.33. The lowest BCUT2D eigenvalue weighted by atomic mass is 9.55. The molecule has 0 saturated heterocycles. The smallest absolute Gasteiger partial charge is 0.325 e. The summed E-state index contributed by atoms with van der Waals surface area (Å²) < 4.78 is 10.6. The van der Waals surface area contributed by atoms with Crippen molar-refractivity contribution in [3.63, 3.8) is 0 Å². The first-order chi connectivity index (χ1) is 14.4. The van der Waals surface area contributed by atoms with Crippen LogP contribution < -0.4 is 0 Å². The maximum absolute atomic E-state index is 13.2. The van der Waals surface area contributed by atoms with E-state index in [9.17, 15) is 19.2 Å². The molecule has 0 spiro atoms. The summed E-state index contributed by atoms with van der Waals surface area (Å²) in [6, 6.07) is 12.7. The van der Waals surface area contributed by atoms with Crippen molar-refractivity contribution in [1.29, 1.82) is 0 Å². The maximum Gasteiger partial charge on any atom is 0.325 e. The van der Waals surface area contributed by atoms with Crippen molar-refractivity contribution >= 4 is 39.7 Å². The lowest BCUT2D eigenvalue weighted by Gasteiger charge is -2.53. The van der Waals surface area contributed by atoms with Crippen molar-refractivity contribution < 1.29 is 28.7 Å². The zero-order valence-electron chi connectivity index (χ0n) is 16.3. The van der Waals surface area contributed by atoms with Crippen LogP contribution in [0.25, 0.3) is 0 Å². The Hall–Kier alpha value is -3.00. The van der Waals surface area contributed by atoms with Crippen LogP contribution >= 0.6 is 15.9 Å². The Labute approximate surface area is 181 Å². The van der Waals surface area contributed by atoms with Crippen LogP contribution in [0.2, 0.25) is 0 Å². The van der Waals surface area contributed by atoms with Gasteiger partial charge in [0.05, 0.1) is 31.4 Å². The number of amides is 2. The van der Waals surface area contributed by atoms with Crippen LogP contribution in [0, 0.1) is 5.41 Å². The first-order valence-electron chi connectivity index (χ1n) is 9.26. The number of rotatable bonds is 4. The average molecular weight is 472 g/mol. The molecular formula is C22H18BrNO6. The number of nitrogens with zero attached hydrogens (tertiary/aromatic N) is 1. The van der Waals surface area contributed by atoms with E-state index in [1.807, 2.05) is 24.3 Å². The molecule has 1 aliphatic heterocycles. The standard InChI is InChI=1S/C22H18BrNO6/c1-29-20(27)22(21(28)30-2)11-15(12-7-5-6-10-16(12)23)17(22)24-18(25)13-8-3-4-9-14(13)19(24)26/h3-10,15,17H,11H2,1-2H3/t15-,17-/m1/s1. The number of carbonyl (C=O) groups is 4. The Bertz CT molecular complexity index is 1030. The quantitative estimate of drug-likeness (QED) is 0.386. The molecule has 8 heteroatoms. The van der Waals surface area contributed by atoms with Crippen LogP contribution in [-0.4, -0.2) is 48.9 Å². The van der Waals surface area contributed by atoms with Gasteiger partial charge >= 0.3 is 11.9 Å². The van der Waals surface area contributed by atoms with Crippen molar-refractivity contribution in [2.75, 3.05) is 14.2 Å². The lowest BCUT2D eigenvalue weighted by Crippen LogP contribution is -2.68. The Balaban J connectivity index is 1.89. The van der Waals surface area contributed by atoms with Crippen molar-refractivity contribution in [2.24, 2.45) is 5.41 Å². The second-order valence-corrected chi connectivity index (χ2v) is 8.11. The van der Waals surface area contributed by atoms with E-state index in [0.29, 0.717) is 0 Å². The minimum Gasteiger partial charge on any atom is -0.468 e. The van der Waals surface area contributed by atoms with Gasteiger partial charge < -0.3 is 9.47 Å². The minimum atomic E-state index is -1.79. The van der Waals surface area contributed by atoms with E-state index in [-0.39, 0.29) is 17.5 Å². The summed E-state index contributed by atoms with van der Waals surface area (Å²) in [5.74, 6) is -3.22.